The number of hydrogen-bond acceptors (Lipinski definition) is 6. The Labute approximate surface area is 198 Å². The molecule has 34 heavy (non-hydrogen) atoms. The second-order valence-corrected chi connectivity index (χ2v) is 8.22. The zero-order valence-electron chi connectivity index (χ0n) is 19.3. The predicted octanol–water partition coefficient (Wildman–Crippen LogP) is 4.50. The van der Waals surface area contributed by atoms with Crippen molar-refractivity contribution in [1.82, 2.24) is 9.88 Å². The number of aliphatic hydroxyl groups excluding tert-OH is 1. The zero-order valence-corrected chi connectivity index (χ0v) is 19.3. The summed E-state index contributed by atoms with van der Waals surface area (Å²) in [5.41, 5.74) is 1.79. The highest BCUT2D eigenvalue weighted by atomic mass is 16.5. The van der Waals surface area contributed by atoms with Gasteiger partial charge >= 0.3 is 0 Å². The van der Waals surface area contributed by atoms with Crippen molar-refractivity contribution in [2.75, 3.05) is 7.11 Å². The largest absolute Gasteiger partial charge is 0.507 e. The molecule has 3 aromatic rings. The molecule has 1 atom stereocenters. The average molecular weight is 459 g/mol. The van der Waals surface area contributed by atoms with Crippen molar-refractivity contribution in [3.8, 4) is 11.5 Å². The number of rotatable bonds is 7. The molecular formula is C27H26N2O5. The topological polar surface area (TPSA) is 89.0 Å². The third-order valence-electron chi connectivity index (χ3n) is 5.55. The zero-order chi connectivity index (χ0) is 24.2. The average Bonchev–Trinajstić information content (AvgIpc) is 3.09. The summed E-state index contributed by atoms with van der Waals surface area (Å²) < 4.78 is 11.2. The fourth-order valence-corrected chi connectivity index (χ4v) is 4.07. The van der Waals surface area contributed by atoms with Crippen LogP contribution >= 0.6 is 0 Å². The van der Waals surface area contributed by atoms with E-state index in [1.54, 1.807) is 60.9 Å². The summed E-state index contributed by atoms with van der Waals surface area (Å²) in [6, 6.07) is 16.7. The summed E-state index contributed by atoms with van der Waals surface area (Å²) in [4.78, 5) is 31.9. The number of para-hydroxylation sites is 1. The molecule has 0 saturated carbocycles. The van der Waals surface area contributed by atoms with Gasteiger partial charge in [0.25, 0.3) is 11.7 Å². The number of benzene rings is 2. The number of aromatic nitrogens is 1. The summed E-state index contributed by atoms with van der Waals surface area (Å²) >= 11 is 0. The predicted molar refractivity (Wildman–Crippen MR) is 127 cm³/mol. The number of nitrogens with zero attached hydrogens (tertiary/aromatic N) is 2. The molecule has 1 unspecified atom stereocenters. The monoisotopic (exact) mass is 458 g/mol. The SMILES string of the molecule is COc1ccccc1C1/C(=C(\O)c2ccc(OC(C)C)cc2)C(=O)C(=O)N1Cc1cccnc1. The Morgan fingerprint density at radius 3 is 2.44 bits per heavy atom. The standard InChI is InChI=1S/C27H26N2O5/c1-17(2)34-20-12-10-19(11-13-20)25(30)23-24(21-8-4-5-9-22(21)33-3)29(27(32)26(23)31)16-18-7-6-14-28-15-18/h4-15,17,24,30H,16H2,1-3H3/b25-23+. The highest BCUT2D eigenvalue weighted by molar-refractivity contribution is 6.46. The molecule has 7 heteroatoms. The van der Waals surface area contributed by atoms with Crippen LogP contribution in [0.1, 0.15) is 36.6 Å². The van der Waals surface area contributed by atoms with Crippen LogP contribution in [-0.2, 0) is 16.1 Å². The van der Waals surface area contributed by atoms with Crippen LogP contribution in [0.25, 0.3) is 5.76 Å². The molecule has 7 nitrogen and oxygen atoms in total. The molecule has 174 valence electrons. The highest BCUT2D eigenvalue weighted by Crippen LogP contribution is 2.43. The number of amides is 1. The first-order chi connectivity index (χ1) is 16.4. The lowest BCUT2D eigenvalue weighted by Gasteiger charge is -2.26. The lowest BCUT2D eigenvalue weighted by atomic mass is 9.94. The fraction of sp³-hybridized carbons (Fsp3) is 0.222. The van der Waals surface area contributed by atoms with Crippen molar-refractivity contribution < 1.29 is 24.2 Å². The Morgan fingerprint density at radius 2 is 1.79 bits per heavy atom. The first-order valence-electron chi connectivity index (χ1n) is 11.0. The molecule has 0 radical (unpaired) electrons. The van der Waals surface area contributed by atoms with Gasteiger partial charge in [-0.05, 0) is 55.8 Å². The number of ketones is 1. The minimum Gasteiger partial charge on any atom is -0.507 e. The Hall–Kier alpha value is -4.13. The van der Waals surface area contributed by atoms with Gasteiger partial charge in [-0.2, -0.15) is 0 Å². The van der Waals surface area contributed by atoms with Gasteiger partial charge in [0.2, 0.25) is 0 Å². The van der Waals surface area contributed by atoms with E-state index >= 15 is 0 Å². The summed E-state index contributed by atoms with van der Waals surface area (Å²) in [5, 5.41) is 11.2. The van der Waals surface area contributed by atoms with E-state index in [0.29, 0.717) is 22.6 Å². The minimum absolute atomic E-state index is 0.00259. The van der Waals surface area contributed by atoms with E-state index < -0.39 is 17.7 Å². The van der Waals surface area contributed by atoms with E-state index in [4.69, 9.17) is 9.47 Å². The Balaban J connectivity index is 1.83. The number of ether oxygens (including phenoxy) is 2. The van der Waals surface area contributed by atoms with Crippen molar-refractivity contribution in [2.45, 2.75) is 32.5 Å². The van der Waals surface area contributed by atoms with Gasteiger partial charge in [0.05, 0.1) is 24.8 Å². The molecule has 0 spiro atoms. The summed E-state index contributed by atoms with van der Waals surface area (Å²) in [5.74, 6) is -0.540. The maximum Gasteiger partial charge on any atom is 0.295 e. The molecule has 2 heterocycles. The van der Waals surface area contributed by atoms with Crippen molar-refractivity contribution in [3.05, 3.63) is 95.3 Å². The maximum atomic E-state index is 13.2. The van der Waals surface area contributed by atoms with E-state index in [9.17, 15) is 14.7 Å². The summed E-state index contributed by atoms with van der Waals surface area (Å²) in [7, 11) is 1.53. The van der Waals surface area contributed by atoms with Crippen molar-refractivity contribution in [3.63, 3.8) is 0 Å². The second-order valence-electron chi connectivity index (χ2n) is 8.22. The lowest BCUT2D eigenvalue weighted by Crippen LogP contribution is -2.29. The van der Waals surface area contributed by atoms with Crippen LogP contribution in [0.15, 0.2) is 78.6 Å². The van der Waals surface area contributed by atoms with E-state index in [-0.39, 0.29) is 24.0 Å². The van der Waals surface area contributed by atoms with Crippen LogP contribution in [0.2, 0.25) is 0 Å². The Bertz CT molecular complexity index is 1220. The number of methoxy groups -OCH3 is 1. The molecular weight excluding hydrogens is 432 g/mol. The van der Waals surface area contributed by atoms with Crippen molar-refractivity contribution in [1.29, 1.82) is 0 Å². The molecule has 4 rings (SSSR count). The first-order valence-corrected chi connectivity index (χ1v) is 11.0. The molecule has 1 aliphatic heterocycles. The quantitative estimate of drug-likeness (QED) is 0.319. The van der Waals surface area contributed by atoms with Gasteiger partial charge in [0.1, 0.15) is 17.3 Å². The number of Topliss-reactive ketones (excluding diaryl/α,β-unsaturated/α-hetero) is 1. The first kappa shape index (κ1) is 23.0. The number of likely N-dealkylation sites (tertiary alicyclic amines) is 1. The highest BCUT2D eigenvalue weighted by Gasteiger charge is 2.47. The maximum absolute atomic E-state index is 13.2. The molecule has 1 saturated heterocycles. The van der Waals surface area contributed by atoms with E-state index in [0.717, 1.165) is 5.56 Å². The number of carbonyl (C=O) groups excluding carboxylic acids is 2. The fourth-order valence-electron chi connectivity index (χ4n) is 4.07. The van der Waals surface area contributed by atoms with Crippen molar-refractivity contribution in [2.24, 2.45) is 0 Å². The molecule has 1 fully saturated rings. The van der Waals surface area contributed by atoms with Gasteiger partial charge in [-0.1, -0.05) is 24.3 Å². The van der Waals surface area contributed by atoms with E-state index in [2.05, 4.69) is 4.98 Å². The van der Waals surface area contributed by atoms with Crippen LogP contribution < -0.4 is 9.47 Å². The normalized spacial score (nSPS) is 17.3. The molecule has 2 aromatic carbocycles. The van der Waals surface area contributed by atoms with Crippen LogP contribution in [0, 0.1) is 0 Å². The van der Waals surface area contributed by atoms with Crippen LogP contribution in [0.5, 0.6) is 11.5 Å². The molecule has 1 aromatic heterocycles. The third kappa shape index (κ3) is 4.50. The van der Waals surface area contributed by atoms with E-state index in [1.807, 2.05) is 26.0 Å². The van der Waals surface area contributed by atoms with Gasteiger partial charge in [-0.3, -0.25) is 14.6 Å². The van der Waals surface area contributed by atoms with Crippen LogP contribution in [0.3, 0.4) is 0 Å². The number of pyridine rings is 1. The molecule has 1 amide bonds. The molecule has 0 aliphatic carbocycles. The number of aliphatic hydroxyl groups is 1. The van der Waals surface area contributed by atoms with Gasteiger partial charge in [0, 0.05) is 30.1 Å². The van der Waals surface area contributed by atoms with E-state index in [1.165, 1.54) is 12.0 Å². The number of hydrogen-bond donors (Lipinski definition) is 1. The van der Waals surface area contributed by atoms with Gasteiger partial charge in [-0.15, -0.1) is 0 Å². The molecule has 0 bridgehead atoms. The lowest BCUT2D eigenvalue weighted by molar-refractivity contribution is -0.140. The third-order valence-corrected chi connectivity index (χ3v) is 5.55. The second kappa shape index (κ2) is 9.79. The Morgan fingerprint density at radius 1 is 1.06 bits per heavy atom. The minimum atomic E-state index is -0.831. The van der Waals surface area contributed by atoms with Crippen LogP contribution in [-0.4, -0.2) is 39.9 Å². The molecule has 1 aliphatic rings. The van der Waals surface area contributed by atoms with Crippen molar-refractivity contribution >= 4 is 17.4 Å². The van der Waals surface area contributed by atoms with Gasteiger partial charge in [0.15, 0.2) is 0 Å². The summed E-state index contributed by atoms with van der Waals surface area (Å²) in [6.45, 7) is 3.99. The number of carbonyl (C=O) groups is 2. The van der Waals surface area contributed by atoms with Gasteiger partial charge in [-0.25, -0.2) is 0 Å². The smallest absolute Gasteiger partial charge is 0.295 e. The van der Waals surface area contributed by atoms with Crippen LogP contribution in [0.4, 0.5) is 0 Å². The van der Waals surface area contributed by atoms with Gasteiger partial charge < -0.3 is 19.5 Å². The summed E-state index contributed by atoms with van der Waals surface area (Å²) in [6.07, 6.45) is 3.29. The Kier molecular flexibility index (Phi) is 6.63. The molecule has 1 N–H and O–H groups in total.